The van der Waals surface area contributed by atoms with Crippen LogP contribution in [0.4, 0.5) is 0 Å². The highest BCUT2D eigenvalue weighted by Crippen LogP contribution is 2.21. The van der Waals surface area contributed by atoms with Crippen LogP contribution in [0.5, 0.6) is 0 Å². The maximum atomic E-state index is 5.67. The summed E-state index contributed by atoms with van der Waals surface area (Å²) in [5.74, 6) is 7.39. The van der Waals surface area contributed by atoms with Gasteiger partial charge in [0.2, 0.25) is 0 Å². The first-order chi connectivity index (χ1) is 7.83. The van der Waals surface area contributed by atoms with Crippen molar-refractivity contribution in [1.82, 2.24) is 10.4 Å². The van der Waals surface area contributed by atoms with Gasteiger partial charge < -0.3 is 4.42 Å². The molecule has 4 nitrogen and oxygen atoms in total. The van der Waals surface area contributed by atoms with E-state index in [4.69, 9.17) is 10.3 Å². The largest absolute Gasteiger partial charge is 0.464 e. The van der Waals surface area contributed by atoms with Crippen LogP contribution >= 0.6 is 11.3 Å². The van der Waals surface area contributed by atoms with Gasteiger partial charge in [0.25, 0.3) is 0 Å². The van der Waals surface area contributed by atoms with E-state index < -0.39 is 0 Å². The second-order valence-electron chi connectivity index (χ2n) is 3.51. The van der Waals surface area contributed by atoms with Crippen LogP contribution in [-0.2, 0) is 12.8 Å². The number of hydrogen-bond donors (Lipinski definition) is 2. The van der Waals surface area contributed by atoms with Crippen molar-refractivity contribution >= 4 is 11.3 Å². The van der Waals surface area contributed by atoms with Gasteiger partial charge in [-0.3, -0.25) is 5.84 Å². The Morgan fingerprint density at radius 3 is 3.00 bits per heavy atom. The maximum absolute atomic E-state index is 5.67. The van der Waals surface area contributed by atoms with Gasteiger partial charge in [-0.25, -0.2) is 10.4 Å². The Labute approximate surface area is 98.5 Å². The highest BCUT2D eigenvalue weighted by molar-refractivity contribution is 7.09. The quantitative estimate of drug-likeness (QED) is 0.617. The van der Waals surface area contributed by atoms with Gasteiger partial charge in [-0.1, -0.05) is 6.92 Å². The third-order valence-electron chi connectivity index (χ3n) is 2.44. The molecule has 2 aromatic rings. The van der Waals surface area contributed by atoms with E-state index in [-0.39, 0.29) is 6.04 Å². The van der Waals surface area contributed by atoms with Crippen LogP contribution in [0, 0.1) is 0 Å². The molecule has 2 aromatic heterocycles. The normalized spacial score (nSPS) is 12.9. The Morgan fingerprint density at radius 1 is 1.56 bits per heavy atom. The van der Waals surface area contributed by atoms with Crippen molar-refractivity contribution in [2.45, 2.75) is 25.8 Å². The SMILES string of the molecule is CCc1ccc(C(Cc2nccs2)NN)o1. The van der Waals surface area contributed by atoms with Gasteiger partial charge in [0, 0.05) is 24.4 Å². The third-order valence-corrected chi connectivity index (χ3v) is 3.24. The topological polar surface area (TPSA) is 64.1 Å². The fraction of sp³-hybridized carbons (Fsp3) is 0.364. The first kappa shape index (κ1) is 11.3. The van der Waals surface area contributed by atoms with E-state index in [9.17, 15) is 0 Å². The molecule has 0 radical (unpaired) electrons. The van der Waals surface area contributed by atoms with E-state index in [2.05, 4.69) is 17.3 Å². The van der Waals surface area contributed by atoms with Crippen LogP contribution in [0.25, 0.3) is 0 Å². The highest BCUT2D eigenvalue weighted by atomic mass is 32.1. The van der Waals surface area contributed by atoms with Gasteiger partial charge in [-0.05, 0) is 12.1 Å². The molecule has 2 rings (SSSR count). The van der Waals surface area contributed by atoms with Gasteiger partial charge in [0.05, 0.1) is 11.0 Å². The molecule has 0 saturated heterocycles. The highest BCUT2D eigenvalue weighted by Gasteiger charge is 2.15. The average Bonchev–Trinajstić information content (AvgIpc) is 2.96. The standard InChI is InChI=1S/C11H15N3OS/c1-2-8-3-4-10(15-8)9(14-12)7-11-13-5-6-16-11/h3-6,9,14H,2,7,12H2,1H3. The van der Waals surface area contributed by atoms with Crippen LogP contribution < -0.4 is 11.3 Å². The number of nitrogens with zero attached hydrogens (tertiary/aromatic N) is 1. The predicted molar refractivity (Wildman–Crippen MR) is 64.0 cm³/mol. The minimum atomic E-state index is -0.00792. The number of aromatic nitrogens is 1. The van der Waals surface area contributed by atoms with E-state index in [1.165, 1.54) is 0 Å². The summed E-state index contributed by atoms with van der Waals surface area (Å²) in [4.78, 5) is 4.24. The minimum Gasteiger partial charge on any atom is -0.464 e. The molecule has 0 aromatic carbocycles. The van der Waals surface area contributed by atoms with Crippen molar-refractivity contribution in [2.24, 2.45) is 5.84 Å². The lowest BCUT2D eigenvalue weighted by Gasteiger charge is -2.11. The molecular weight excluding hydrogens is 222 g/mol. The molecule has 0 saturated carbocycles. The fourth-order valence-electron chi connectivity index (χ4n) is 1.54. The predicted octanol–water partition coefficient (Wildman–Crippen LogP) is 2.05. The molecule has 5 heteroatoms. The number of nitrogens with two attached hydrogens (primary N) is 1. The summed E-state index contributed by atoms with van der Waals surface area (Å²) in [6.07, 6.45) is 3.45. The summed E-state index contributed by atoms with van der Waals surface area (Å²) in [5, 5.41) is 3.01. The van der Waals surface area contributed by atoms with Gasteiger partial charge in [0.1, 0.15) is 11.5 Å². The molecule has 86 valence electrons. The molecule has 0 aliphatic carbocycles. The number of nitrogens with one attached hydrogen (secondary N) is 1. The average molecular weight is 237 g/mol. The molecule has 3 N–H and O–H groups in total. The zero-order valence-corrected chi connectivity index (χ0v) is 9.96. The minimum absolute atomic E-state index is 0.00792. The number of aryl methyl sites for hydroxylation is 1. The van der Waals surface area contributed by atoms with E-state index in [1.807, 2.05) is 17.5 Å². The van der Waals surface area contributed by atoms with Crippen molar-refractivity contribution < 1.29 is 4.42 Å². The molecule has 0 bridgehead atoms. The molecule has 1 atom stereocenters. The van der Waals surface area contributed by atoms with Crippen LogP contribution in [0.15, 0.2) is 28.1 Å². The maximum Gasteiger partial charge on any atom is 0.122 e. The number of rotatable bonds is 5. The zero-order valence-electron chi connectivity index (χ0n) is 9.14. The Morgan fingerprint density at radius 2 is 2.44 bits per heavy atom. The van der Waals surface area contributed by atoms with Crippen molar-refractivity contribution in [3.05, 3.63) is 40.2 Å². The second kappa shape index (κ2) is 5.25. The Kier molecular flexibility index (Phi) is 3.71. The van der Waals surface area contributed by atoms with Crippen LogP contribution in [0.3, 0.4) is 0 Å². The van der Waals surface area contributed by atoms with Crippen LogP contribution in [0.1, 0.15) is 29.5 Å². The van der Waals surface area contributed by atoms with E-state index in [0.29, 0.717) is 0 Å². The summed E-state index contributed by atoms with van der Waals surface area (Å²) < 4.78 is 5.67. The summed E-state index contributed by atoms with van der Waals surface area (Å²) >= 11 is 1.63. The lowest BCUT2D eigenvalue weighted by molar-refractivity contribution is 0.396. The molecule has 0 fully saturated rings. The molecule has 1 unspecified atom stereocenters. The monoisotopic (exact) mass is 237 g/mol. The van der Waals surface area contributed by atoms with E-state index >= 15 is 0 Å². The van der Waals surface area contributed by atoms with Crippen molar-refractivity contribution in [3.8, 4) is 0 Å². The molecule has 0 aliphatic rings. The Balaban J connectivity index is 2.10. The Hall–Kier alpha value is -1.17. The van der Waals surface area contributed by atoms with Crippen molar-refractivity contribution in [1.29, 1.82) is 0 Å². The third kappa shape index (κ3) is 2.49. The summed E-state index contributed by atoms with van der Waals surface area (Å²) in [6, 6.07) is 3.95. The lowest BCUT2D eigenvalue weighted by atomic mass is 10.2. The first-order valence-electron chi connectivity index (χ1n) is 5.26. The molecular formula is C11H15N3OS. The molecule has 0 aliphatic heterocycles. The van der Waals surface area contributed by atoms with Gasteiger partial charge in [-0.2, -0.15) is 0 Å². The Bertz CT molecular complexity index is 424. The number of hydrogen-bond acceptors (Lipinski definition) is 5. The van der Waals surface area contributed by atoms with Gasteiger partial charge >= 0.3 is 0 Å². The lowest BCUT2D eigenvalue weighted by Crippen LogP contribution is -2.29. The zero-order chi connectivity index (χ0) is 11.4. The number of furan rings is 1. The number of thiazole rings is 1. The second-order valence-corrected chi connectivity index (χ2v) is 4.49. The molecule has 0 amide bonds. The fourth-order valence-corrected chi connectivity index (χ4v) is 2.21. The summed E-state index contributed by atoms with van der Waals surface area (Å²) in [7, 11) is 0. The van der Waals surface area contributed by atoms with E-state index in [1.54, 1.807) is 17.5 Å². The van der Waals surface area contributed by atoms with Gasteiger partial charge in [0.15, 0.2) is 0 Å². The number of hydrazine groups is 1. The van der Waals surface area contributed by atoms with Crippen molar-refractivity contribution in [3.63, 3.8) is 0 Å². The van der Waals surface area contributed by atoms with E-state index in [0.717, 1.165) is 29.4 Å². The summed E-state index contributed by atoms with van der Waals surface area (Å²) in [6.45, 7) is 2.06. The molecule has 2 heterocycles. The summed E-state index contributed by atoms with van der Waals surface area (Å²) in [5.41, 5.74) is 2.77. The molecule has 16 heavy (non-hydrogen) atoms. The van der Waals surface area contributed by atoms with Crippen LogP contribution in [0.2, 0.25) is 0 Å². The van der Waals surface area contributed by atoms with Crippen LogP contribution in [-0.4, -0.2) is 4.98 Å². The molecule has 0 spiro atoms. The van der Waals surface area contributed by atoms with Gasteiger partial charge in [-0.15, -0.1) is 11.3 Å². The first-order valence-corrected chi connectivity index (χ1v) is 6.14. The smallest absolute Gasteiger partial charge is 0.122 e. The van der Waals surface area contributed by atoms with Crippen molar-refractivity contribution in [2.75, 3.05) is 0 Å².